The maximum absolute atomic E-state index is 5.67. The van der Waals surface area contributed by atoms with Crippen molar-refractivity contribution in [2.24, 2.45) is 0 Å². The third-order valence-corrected chi connectivity index (χ3v) is 12.5. The second-order valence-corrected chi connectivity index (χ2v) is 33.8. The van der Waals surface area contributed by atoms with E-state index in [-0.39, 0.29) is 0 Å². The predicted molar refractivity (Wildman–Crippen MR) is 200 cm³/mol. The maximum atomic E-state index is 5.67. The summed E-state index contributed by atoms with van der Waals surface area (Å²) >= 11 is 12.7. The summed E-state index contributed by atoms with van der Waals surface area (Å²) in [6.07, 6.45) is 2.17. The van der Waals surface area contributed by atoms with Crippen molar-refractivity contribution in [2.45, 2.75) is 71.8 Å². The van der Waals surface area contributed by atoms with Crippen molar-refractivity contribution < 1.29 is 0 Å². The summed E-state index contributed by atoms with van der Waals surface area (Å²) in [7, 11) is -3.62. The van der Waals surface area contributed by atoms with Gasteiger partial charge < -0.3 is 0 Å². The first-order chi connectivity index (χ1) is 18.9. The quantitative estimate of drug-likeness (QED) is 0.122. The zero-order valence-electron chi connectivity index (χ0n) is 26.0. The van der Waals surface area contributed by atoms with Crippen LogP contribution >= 0.6 is 42.9 Å². The first kappa shape index (κ1) is 32.7. The minimum Gasteiger partial charge on any atom is -0.168 e. The highest BCUT2D eigenvalue weighted by Crippen LogP contribution is 2.39. The second-order valence-electron chi connectivity index (χ2n) is 14.3. The molecule has 0 amide bonds. The summed E-state index contributed by atoms with van der Waals surface area (Å²) in [5.74, 6) is 0. The molecule has 2 aliphatic rings. The Morgan fingerprint density at radius 1 is 0.463 bits per heavy atom. The van der Waals surface area contributed by atoms with E-state index in [9.17, 15) is 0 Å². The van der Waals surface area contributed by atoms with Gasteiger partial charge in [-0.1, -0.05) is 150 Å². The monoisotopic (exact) mass is 740 g/mol. The van der Waals surface area contributed by atoms with E-state index in [1.54, 1.807) is 10.4 Å². The van der Waals surface area contributed by atoms with Crippen LogP contribution < -0.4 is 10.4 Å². The first-order valence-electron chi connectivity index (χ1n) is 14.4. The molecule has 6 rings (SSSR count). The van der Waals surface area contributed by atoms with E-state index >= 15 is 0 Å². The number of fused-ring (bicyclic) bond motifs is 6. The molecule has 0 bridgehead atoms. The number of benzene rings is 4. The molecule has 0 aromatic heterocycles. The fourth-order valence-electron chi connectivity index (χ4n) is 5.21. The molecule has 0 nitrogen and oxygen atoms in total. The Kier molecular flexibility index (Phi) is 9.90. The smallest absolute Gasteiger partial charge is 0.147 e. The highest BCUT2D eigenvalue weighted by Gasteiger charge is 2.25. The van der Waals surface area contributed by atoms with Crippen LogP contribution in [0.5, 0.6) is 0 Å². The first-order valence-corrected chi connectivity index (χ1v) is 27.5. The number of rotatable bonds is 2. The lowest BCUT2D eigenvalue weighted by molar-refractivity contribution is 1.26. The lowest BCUT2D eigenvalue weighted by Crippen LogP contribution is -2.38. The van der Waals surface area contributed by atoms with Crippen LogP contribution in [0, 0.1) is 0 Å². The number of hydrogen-bond donors (Lipinski definition) is 0. The van der Waals surface area contributed by atoms with E-state index in [4.69, 9.17) is 11.1 Å². The SMILES string of the molecule is Brc1ccc2c(c1)-c1cc(Br)ccc1C2.C[Si](C)(C)Cl.C[Si](C)(C)c1ccc2c(c1)-c1cc([Si](C)(C)C)ccc1C2. The second kappa shape index (κ2) is 12.4. The molecular formula is C35H43Br2ClSi3. The van der Waals surface area contributed by atoms with E-state index in [1.165, 1.54) is 44.5 Å². The van der Waals surface area contributed by atoms with Crippen LogP contribution in [0.2, 0.25) is 58.9 Å². The molecule has 216 valence electrons. The van der Waals surface area contributed by atoms with Gasteiger partial charge in [0.2, 0.25) is 0 Å². The standard InChI is InChI=1S/C19H26Si2.C13H8Br2.C3H9ClSi/c1-20(2,3)16-9-7-14-11-15-8-10-17(21(4,5)6)13-19(15)18(14)12-16;14-10-3-1-8-5-9-2-4-11(15)7-13(9)12(8)6-10;1-5(2,3)4/h7-10,12-13H,11H2,1-6H3;1-4,6-7H,5H2;1-3H3. The molecule has 4 aromatic rings. The van der Waals surface area contributed by atoms with Crippen molar-refractivity contribution in [2.75, 3.05) is 0 Å². The summed E-state index contributed by atoms with van der Waals surface area (Å²) in [6.45, 7) is 20.9. The lowest BCUT2D eigenvalue weighted by Gasteiger charge is -2.19. The van der Waals surface area contributed by atoms with Crippen molar-refractivity contribution in [3.63, 3.8) is 0 Å². The molecular weight excluding hydrogens is 700 g/mol. The minimum atomic E-state index is -1.24. The molecule has 0 saturated carbocycles. The van der Waals surface area contributed by atoms with Gasteiger partial charge in [0.15, 0.2) is 0 Å². The van der Waals surface area contributed by atoms with Gasteiger partial charge in [0.1, 0.15) is 7.38 Å². The molecule has 0 atom stereocenters. The normalized spacial score (nSPS) is 13.2. The Morgan fingerprint density at radius 3 is 1.02 bits per heavy atom. The summed E-state index contributed by atoms with van der Waals surface area (Å²) in [4.78, 5) is 0. The van der Waals surface area contributed by atoms with Gasteiger partial charge in [-0.15, -0.1) is 0 Å². The summed E-state index contributed by atoms with van der Waals surface area (Å²) in [5, 5.41) is 3.15. The van der Waals surface area contributed by atoms with E-state index in [1.807, 2.05) is 0 Å². The van der Waals surface area contributed by atoms with Crippen molar-refractivity contribution in [3.05, 3.63) is 104 Å². The van der Waals surface area contributed by atoms with Crippen LogP contribution in [-0.4, -0.2) is 23.5 Å². The Labute approximate surface area is 273 Å². The van der Waals surface area contributed by atoms with E-state index in [0.717, 1.165) is 21.8 Å². The van der Waals surface area contributed by atoms with Gasteiger partial charge in [-0.3, -0.25) is 0 Å². The fourth-order valence-corrected chi connectivity index (χ4v) is 8.26. The van der Waals surface area contributed by atoms with Crippen LogP contribution in [0.15, 0.2) is 81.7 Å². The van der Waals surface area contributed by atoms with E-state index in [0.29, 0.717) is 0 Å². The largest absolute Gasteiger partial charge is 0.168 e. The third-order valence-electron chi connectivity index (χ3n) is 7.44. The highest BCUT2D eigenvalue weighted by molar-refractivity contribution is 9.10. The molecule has 0 saturated heterocycles. The van der Waals surface area contributed by atoms with Crippen LogP contribution in [0.1, 0.15) is 22.3 Å². The molecule has 0 aliphatic heterocycles. The average molecular weight is 743 g/mol. The summed E-state index contributed by atoms with van der Waals surface area (Å²) < 4.78 is 2.29. The number of hydrogen-bond acceptors (Lipinski definition) is 0. The van der Waals surface area contributed by atoms with Gasteiger partial charge in [0.25, 0.3) is 0 Å². The van der Waals surface area contributed by atoms with Crippen molar-refractivity contribution in [1.82, 2.24) is 0 Å². The van der Waals surface area contributed by atoms with Gasteiger partial charge in [0, 0.05) is 8.95 Å². The van der Waals surface area contributed by atoms with Crippen LogP contribution in [-0.2, 0) is 12.8 Å². The topological polar surface area (TPSA) is 0 Å². The Bertz CT molecular complexity index is 1460. The molecule has 2 aliphatic carbocycles. The molecule has 41 heavy (non-hydrogen) atoms. The predicted octanol–water partition coefficient (Wildman–Crippen LogP) is 11.2. The molecule has 0 fully saturated rings. The van der Waals surface area contributed by atoms with Gasteiger partial charge >= 0.3 is 0 Å². The van der Waals surface area contributed by atoms with Crippen molar-refractivity contribution >= 4 is 76.8 Å². The molecule has 0 spiro atoms. The zero-order valence-corrected chi connectivity index (χ0v) is 32.9. The minimum absolute atomic E-state index is 1.06. The van der Waals surface area contributed by atoms with Crippen molar-refractivity contribution in [3.8, 4) is 22.3 Å². The van der Waals surface area contributed by atoms with Gasteiger partial charge in [-0.05, 0) is 81.6 Å². The van der Waals surface area contributed by atoms with E-state index in [2.05, 4.69) is 164 Å². The molecule has 4 aromatic carbocycles. The van der Waals surface area contributed by atoms with Crippen molar-refractivity contribution in [1.29, 1.82) is 0 Å². The Balaban J connectivity index is 0.000000169. The fraction of sp³-hybridized carbons (Fsp3) is 0.314. The highest BCUT2D eigenvalue weighted by atomic mass is 79.9. The molecule has 6 heteroatoms. The zero-order chi connectivity index (χ0) is 30.3. The molecule has 0 N–H and O–H groups in total. The molecule has 0 radical (unpaired) electrons. The van der Waals surface area contributed by atoms with Gasteiger partial charge in [-0.25, -0.2) is 0 Å². The summed E-state index contributed by atoms with van der Waals surface area (Å²) in [5.41, 5.74) is 11.6. The molecule has 0 heterocycles. The molecule has 0 unspecified atom stereocenters. The average Bonchev–Trinajstić information content (AvgIpc) is 3.39. The van der Waals surface area contributed by atoms with Gasteiger partial charge in [-0.2, -0.15) is 11.1 Å². The van der Waals surface area contributed by atoms with Crippen LogP contribution in [0.25, 0.3) is 22.3 Å². The van der Waals surface area contributed by atoms with Gasteiger partial charge in [0.05, 0.1) is 16.1 Å². The van der Waals surface area contributed by atoms with Crippen LogP contribution in [0.3, 0.4) is 0 Å². The summed E-state index contributed by atoms with van der Waals surface area (Å²) in [6, 6.07) is 27.5. The number of halogens is 3. The van der Waals surface area contributed by atoms with Crippen LogP contribution in [0.4, 0.5) is 0 Å². The Hall–Kier alpha value is -1.22. The maximum Gasteiger partial charge on any atom is 0.147 e. The van der Waals surface area contributed by atoms with E-state index < -0.39 is 23.5 Å². The Morgan fingerprint density at radius 2 is 0.732 bits per heavy atom. The lowest BCUT2D eigenvalue weighted by atomic mass is 10.1. The third kappa shape index (κ3) is 8.45.